The number of amides is 1. The number of carbonyl (C=O) groups is 1. The summed E-state index contributed by atoms with van der Waals surface area (Å²) in [5.74, 6) is 2.11. The number of hydrogen-bond donors (Lipinski definition) is 0. The van der Waals surface area contributed by atoms with Crippen LogP contribution >= 0.6 is 11.6 Å². The van der Waals surface area contributed by atoms with Crippen molar-refractivity contribution in [3.63, 3.8) is 0 Å². The Hall–Kier alpha value is -1.02. The SMILES string of the molecule is CC1CCC(CN2C(=O)c3cc(Cl)ccc3[C@@H]2C(C)C)CC1. The van der Waals surface area contributed by atoms with Gasteiger partial charge < -0.3 is 4.90 Å². The van der Waals surface area contributed by atoms with Gasteiger partial charge in [-0.25, -0.2) is 0 Å². The Morgan fingerprint density at radius 1 is 1.23 bits per heavy atom. The third-order valence-electron chi connectivity index (χ3n) is 5.38. The van der Waals surface area contributed by atoms with Gasteiger partial charge in [0.15, 0.2) is 0 Å². The highest BCUT2D eigenvalue weighted by molar-refractivity contribution is 6.31. The van der Waals surface area contributed by atoms with Crippen LogP contribution in [0, 0.1) is 17.8 Å². The largest absolute Gasteiger partial charge is 0.331 e. The van der Waals surface area contributed by atoms with E-state index in [9.17, 15) is 4.79 Å². The van der Waals surface area contributed by atoms with Gasteiger partial charge in [-0.3, -0.25) is 4.79 Å². The van der Waals surface area contributed by atoms with Crippen molar-refractivity contribution in [2.45, 2.75) is 52.5 Å². The molecule has 0 unspecified atom stereocenters. The molecule has 1 atom stereocenters. The van der Waals surface area contributed by atoms with Gasteiger partial charge in [0.25, 0.3) is 5.91 Å². The first-order chi connectivity index (χ1) is 10.5. The molecule has 1 aromatic carbocycles. The Morgan fingerprint density at radius 3 is 2.55 bits per heavy atom. The maximum Gasteiger partial charge on any atom is 0.254 e. The Bertz CT molecular complexity index is 561. The van der Waals surface area contributed by atoms with Crippen molar-refractivity contribution in [2.24, 2.45) is 17.8 Å². The van der Waals surface area contributed by atoms with Gasteiger partial charge >= 0.3 is 0 Å². The second-order valence-electron chi connectivity index (χ2n) is 7.50. The second kappa shape index (κ2) is 6.23. The lowest BCUT2D eigenvalue weighted by Crippen LogP contribution is -2.36. The zero-order chi connectivity index (χ0) is 15.9. The minimum Gasteiger partial charge on any atom is -0.331 e. The topological polar surface area (TPSA) is 20.3 Å². The van der Waals surface area contributed by atoms with Gasteiger partial charge in [-0.05, 0) is 48.3 Å². The molecule has 0 spiro atoms. The molecule has 0 bridgehead atoms. The quantitative estimate of drug-likeness (QED) is 0.738. The van der Waals surface area contributed by atoms with Gasteiger partial charge in [-0.1, -0.05) is 51.3 Å². The van der Waals surface area contributed by atoms with Crippen LogP contribution in [0.5, 0.6) is 0 Å². The number of halogens is 1. The van der Waals surface area contributed by atoms with E-state index < -0.39 is 0 Å². The summed E-state index contributed by atoms with van der Waals surface area (Å²) in [6.07, 6.45) is 5.12. The minimum absolute atomic E-state index is 0.176. The van der Waals surface area contributed by atoms with Gasteiger partial charge in [0.2, 0.25) is 0 Å². The van der Waals surface area contributed by atoms with E-state index in [-0.39, 0.29) is 11.9 Å². The van der Waals surface area contributed by atoms with Gasteiger partial charge in [-0.15, -0.1) is 0 Å². The average molecular weight is 320 g/mol. The van der Waals surface area contributed by atoms with Crippen LogP contribution in [0.2, 0.25) is 5.02 Å². The summed E-state index contributed by atoms with van der Waals surface area (Å²) in [6.45, 7) is 7.65. The highest BCUT2D eigenvalue weighted by atomic mass is 35.5. The highest BCUT2D eigenvalue weighted by Gasteiger charge is 2.39. The van der Waals surface area contributed by atoms with Gasteiger partial charge in [0, 0.05) is 17.1 Å². The van der Waals surface area contributed by atoms with E-state index in [0.717, 1.165) is 23.6 Å². The summed E-state index contributed by atoms with van der Waals surface area (Å²) in [6, 6.07) is 6.01. The molecule has 1 heterocycles. The maximum absolute atomic E-state index is 12.9. The number of benzene rings is 1. The zero-order valence-corrected chi connectivity index (χ0v) is 14.6. The number of rotatable bonds is 3. The predicted molar refractivity (Wildman–Crippen MR) is 91.2 cm³/mol. The Balaban J connectivity index is 1.83. The molecule has 1 aliphatic carbocycles. The normalized spacial score (nSPS) is 28.3. The van der Waals surface area contributed by atoms with Crippen LogP contribution in [0.4, 0.5) is 0 Å². The molecule has 1 fully saturated rings. The molecule has 1 aliphatic heterocycles. The zero-order valence-electron chi connectivity index (χ0n) is 13.8. The van der Waals surface area contributed by atoms with Crippen LogP contribution < -0.4 is 0 Å². The van der Waals surface area contributed by atoms with Crippen molar-refractivity contribution in [2.75, 3.05) is 6.54 Å². The summed E-state index contributed by atoms with van der Waals surface area (Å²) in [5, 5.41) is 0.656. The van der Waals surface area contributed by atoms with Crippen LogP contribution in [0.15, 0.2) is 18.2 Å². The molecular formula is C19H26ClNO. The Morgan fingerprint density at radius 2 is 1.91 bits per heavy atom. The molecule has 3 rings (SSSR count). The lowest BCUT2D eigenvalue weighted by molar-refractivity contribution is 0.0614. The van der Waals surface area contributed by atoms with Crippen LogP contribution in [-0.2, 0) is 0 Å². The van der Waals surface area contributed by atoms with E-state index in [1.807, 2.05) is 18.2 Å². The van der Waals surface area contributed by atoms with Crippen molar-refractivity contribution in [3.8, 4) is 0 Å². The molecular weight excluding hydrogens is 294 g/mol. The molecule has 0 aromatic heterocycles. The fourth-order valence-electron chi connectivity index (χ4n) is 4.13. The summed E-state index contributed by atoms with van der Waals surface area (Å²) in [7, 11) is 0. The van der Waals surface area contributed by atoms with E-state index in [4.69, 9.17) is 11.6 Å². The summed E-state index contributed by atoms with van der Waals surface area (Å²) >= 11 is 6.10. The smallest absolute Gasteiger partial charge is 0.254 e. The van der Waals surface area contributed by atoms with Crippen molar-refractivity contribution in [3.05, 3.63) is 34.3 Å². The fraction of sp³-hybridized carbons (Fsp3) is 0.632. The van der Waals surface area contributed by atoms with Gasteiger partial charge in [-0.2, -0.15) is 0 Å². The molecule has 1 aromatic rings. The fourth-order valence-corrected chi connectivity index (χ4v) is 4.30. The number of fused-ring (bicyclic) bond motifs is 1. The summed E-state index contributed by atoms with van der Waals surface area (Å²) < 4.78 is 0. The van der Waals surface area contributed by atoms with E-state index in [0.29, 0.717) is 16.9 Å². The number of carbonyl (C=O) groups excluding carboxylic acids is 1. The minimum atomic E-state index is 0.176. The molecule has 1 amide bonds. The van der Waals surface area contributed by atoms with Crippen LogP contribution in [0.1, 0.15) is 68.4 Å². The van der Waals surface area contributed by atoms with Gasteiger partial charge in [0.1, 0.15) is 0 Å². The van der Waals surface area contributed by atoms with E-state index in [2.05, 4.69) is 25.7 Å². The second-order valence-corrected chi connectivity index (χ2v) is 7.94. The summed E-state index contributed by atoms with van der Waals surface area (Å²) in [4.78, 5) is 15.0. The first kappa shape index (κ1) is 15.9. The van der Waals surface area contributed by atoms with Crippen LogP contribution in [-0.4, -0.2) is 17.4 Å². The number of hydrogen-bond acceptors (Lipinski definition) is 1. The van der Waals surface area contributed by atoms with Crippen LogP contribution in [0.3, 0.4) is 0 Å². The molecule has 22 heavy (non-hydrogen) atoms. The lowest BCUT2D eigenvalue weighted by atomic mass is 9.82. The third-order valence-corrected chi connectivity index (χ3v) is 5.62. The molecule has 2 nitrogen and oxygen atoms in total. The Labute approximate surface area is 138 Å². The van der Waals surface area contributed by atoms with Crippen molar-refractivity contribution in [1.29, 1.82) is 0 Å². The molecule has 1 saturated carbocycles. The third kappa shape index (κ3) is 2.90. The first-order valence-corrected chi connectivity index (χ1v) is 8.95. The molecule has 2 aliphatic rings. The molecule has 120 valence electrons. The average Bonchev–Trinajstić information content (AvgIpc) is 2.74. The monoisotopic (exact) mass is 319 g/mol. The van der Waals surface area contributed by atoms with Gasteiger partial charge in [0.05, 0.1) is 6.04 Å². The van der Waals surface area contributed by atoms with Crippen molar-refractivity contribution < 1.29 is 4.79 Å². The Kier molecular flexibility index (Phi) is 4.49. The van der Waals surface area contributed by atoms with E-state index in [1.54, 1.807) is 0 Å². The summed E-state index contributed by atoms with van der Waals surface area (Å²) in [5.41, 5.74) is 1.98. The predicted octanol–water partition coefficient (Wildman–Crippen LogP) is 5.32. The highest BCUT2D eigenvalue weighted by Crippen LogP contribution is 2.41. The lowest BCUT2D eigenvalue weighted by Gasteiger charge is -2.34. The van der Waals surface area contributed by atoms with Crippen molar-refractivity contribution >= 4 is 17.5 Å². The molecule has 3 heteroatoms. The number of nitrogens with zero attached hydrogens (tertiary/aromatic N) is 1. The van der Waals surface area contributed by atoms with Crippen LogP contribution in [0.25, 0.3) is 0 Å². The maximum atomic E-state index is 12.9. The molecule has 0 N–H and O–H groups in total. The van der Waals surface area contributed by atoms with Crippen molar-refractivity contribution in [1.82, 2.24) is 4.90 Å². The molecule has 0 saturated heterocycles. The standard InChI is InChI=1S/C19H26ClNO/c1-12(2)18-16-9-8-15(20)10-17(16)19(22)21(18)11-14-6-4-13(3)5-7-14/h8-10,12-14,18H,4-7,11H2,1-3H3/t13?,14?,18-/m0/s1. The van der Waals surface area contributed by atoms with E-state index in [1.165, 1.54) is 25.7 Å². The van der Waals surface area contributed by atoms with E-state index >= 15 is 0 Å². The first-order valence-electron chi connectivity index (χ1n) is 8.57. The molecule has 0 radical (unpaired) electrons.